The predicted molar refractivity (Wildman–Crippen MR) is 50.6 cm³/mol. The van der Waals surface area contributed by atoms with Crippen LogP contribution < -0.4 is 5.32 Å². The average molecular weight is 189 g/mol. The molecule has 0 aromatic rings. The molecule has 0 aliphatic heterocycles. The Kier molecular flexibility index (Phi) is 7.63. The van der Waals surface area contributed by atoms with E-state index in [2.05, 4.69) is 10.1 Å². The summed E-state index contributed by atoms with van der Waals surface area (Å²) in [6.07, 6.45) is 0.609. The molecule has 1 N–H and O–H groups in total. The third kappa shape index (κ3) is 7.74. The van der Waals surface area contributed by atoms with Crippen molar-refractivity contribution < 1.29 is 14.3 Å². The van der Waals surface area contributed by atoms with Crippen molar-refractivity contribution in [2.75, 3.05) is 26.8 Å². The molecule has 0 aromatic heterocycles. The number of hydrogen-bond donors (Lipinski definition) is 1. The Labute approximate surface area is 79.6 Å². The maximum absolute atomic E-state index is 10.7. The molecule has 0 bridgehead atoms. The van der Waals surface area contributed by atoms with Gasteiger partial charge in [0.1, 0.15) is 0 Å². The highest BCUT2D eigenvalue weighted by Crippen LogP contribution is 1.88. The second-order valence-corrected chi connectivity index (χ2v) is 2.80. The fourth-order valence-corrected chi connectivity index (χ4v) is 0.941. The molecule has 0 amide bonds. The van der Waals surface area contributed by atoms with E-state index in [1.165, 1.54) is 7.11 Å². The molecule has 0 heterocycles. The molecule has 0 saturated carbocycles. The monoisotopic (exact) mass is 189 g/mol. The predicted octanol–water partition coefficient (Wildman–Crippen LogP) is 0.564. The van der Waals surface area contributed by atoms with Crippen LogP contribution in [0.25, 0.3) is 0 Å². The number of rotatable bonds is 7. The highest BCUT2D eigenvalue weighted by molar-refractivity contribution is 5.69. The Morgan fingerprint density at radius 1 is 1.54 bits per heavy atom. The van der Waals surface area contributed by atoms with E-state index in [9.17, 15) is 4.79 Å². The maximum Gasteiger partial charge on any atom is 0.306 e. The first kappa shape index (κ1) is 12.4. The molecule has 13 heavy (non-hydrogen) atoms. The summed E-state index contributed by atoms with van der Waals surface area (Å²) < 4.78 is 9.79. The summed E-state index contributed by atoms with van der Waals surface area (Å²) >= 11 is 0. The van der Waals surface area contributed by atoms with Gasteiger partial charge in [0.25, 0.3) is 0 Å². The van der Waals surface area contributed by atoms with Gasteiger partial charge in [-0.15, -0.1) is 0 Å². The molecule has 0 spiro atoms. The molecule has 4 heteroatoms. The number of methoxy groups -OCH3 is 1. The first-order valence-electron chi connectivity index (χ1n) is 4.59. The van der Waals surface area contributed by atoms with Gasteiger partial charge < -0.3 is 14.8 Å². The van der Waals surface area contributed by atoms with Crippen molar-refractivity contribution in [3.8, 4) is 0 Å². The highest BCUT2D eigenvalue weighted by atomic mass is 16.5. The smallest absolute Gasteiger partial charge is 0.306 e. The van der Waals surface area contributed by atoms with Crippen molar-refractivity contribution in [3.63, 3.8) is 0 Å². The van der Waals surface area contributed by atoms with Gasteiger partial charge in [0.05, 0.1) is 19.6 Å². The molecule has 0 radical (unpaired) electrons. The molecule has 1 atom stereocenters. The maximum atomic E-state index is 10.7. The minimum Gasteiger partial charge on any atom is -0.469 e. The van der Waals surface area contributed by atoms with E-state index in [0.29, 0.717) is 13.0 Å². The van der Waals surface area contributed by atoms with Crippen molar-refractivity contribution in [1.82, 2.24) is 5.32 Å². The average Bonchev–Trinajstić information content (AvgIpc) is 2.12. The first-order chi connectivity index (χ1) is 6.20. The fraction of sp³-hybridized carbons (Fsp3) is 0.889. The van der Waals surface area contributed by atoms with Gasteiger partial charge in [0.15, 0.2) is 0 Å². The minimum absolute atomic E-state index is 0.184. The van der Waals surface area contributed by atoms with Crippen LogP contribution in [0, 0.1) is 0 Å². The van der Waals surface area contributed by atoms with Crippen molar-refractivity contribution in [3.05, 3.63) is 0 Å². The van der Waals surface area contributed by atoms with E-state index >= 15 is 0 Å². The lowest BCUT2D eigenvalue weighted by molar-refractivity contribution is -0.140. The Morgan fingerprint density at radius 3 is 2.77 bits per heavy atom. The summed E-state index contributed by atoms with van der Waals surface area (Å²) in [6, 6.07) is 0. The van der Waals surface area contributed by atoms with Crippen LogP contribution in [0.5, 0.6) is 0 Å². The fourth-order valence-electron chi connectivity index (χ4n) is 0.941. The zero-order valence-corrected chi connectivity index (χ0v) is 8.63. The van der Waals surface area contributed by atoms with Gasteiger partial charge >= 0.3 is 5.97 Å². The number of ether oxygens (including phenoxy) is 2. The molecule has 0 saturated heterocycles. The van der Waals surface area contributed by atoms with Crippen LogP contribution in [0.3, 0.4) is 0 Å². The molecule has 0 rings (SSSR count). The number of nitrogens with one attached hydrogen (secondary N) is 1. The van der Waals surface area contributed by atoms with Gasteiger partial charge in [0.2, 0.25) is 0 Å². The lowest BCUT2D eigenvalue weighted by Gasteiger charge is -2.11. The van der Waals surface area contributed by atoms with Crippen molar-refractivity contribution >= 4 is 5.97 Å². The minimum atomic E-state index is -0.184. The Hall–Kier alpha value is -0.610. The molecule has 4 nitrogen and oxygen atoms in total. The van der Waals surface area contributed by atoms with Crippen LogP contribution in [0.4, 0.5) is 0 Å². The summed E-state index contributed by atoms with van der Waals surface area (Å²) in [5.74, 6) is -0.184. The van der Waals surface area contributed by atoms with Gasteiger partial charge in [0, 0.05) is 19.7 Å². The summed E-state index contributed by atoms with van der Waals surface area (Å²) in [4.78, 5) is 10.7. The third-order valence-electron chi connectivity index (χ3n) is 1.62. The summed E-state index contributed by atoms with van der Waals surface area (Å²) in [7, 11) is 1.39. The van der Waals surface area contributed by atoms with Gasteiger partial charge in [-0.1, -0.05) is 0 Å². The molecule has 0 fully saturated rings. The molecule has 1 unspecified atom stereocenters. The first-order valence-corrected chi connectivity index (χ1v) is 4.59. The highest BCUT2D eigenvalue weighted by Gasteiger charge is 2.01. The second kappa shape index (κ2) is 8.01. The van der Waals surface area contributed by atoms with E-state index in [-0.39, 0.29) is 12.1 Å². The quantitative estimate of drug-likeness (QED) is 0.469. The third-order valence-corrected chi connectivity index (χ3v) is 1.62. The number of carbonyl (C=O) groups is 1. The number of hydrogen-bond acceptors (Lipinski definition) is 4. The molecular formula is C9H19NO3. The number of carbonyl (C=O) groups excluding carboxylic acids is 1. The lowest BCUT2D eigenvalue weighted by Crippen LogP contribution is -2.28. The van der Waals surface area contributed by atoms with E-state index in [1.807, 2.05) is 13.8 Å². The Bertz CT molecular complexity index is 139. The van der Waals surface area contributed by atoms with E-state index in [4.69, 9.17) is 4.74 Å². The molecular weight excluding hydrogens is 170 g/mol. The summed E-state index contributed by atoms with van der Waals surface area (Å²) in [5.41, 5.74) is 0. The van der Waals surface area contributed by atoms with E-state index < -0.39 is 0 Å². The zero-order chi connectivity index (χ0) is 10.1. The van der Waals surface area contributed by atoms with Crippen LogP contribution in [0.1, 0.15) is 20.3 Å². The van der Waals surface area contributed by atoms with Crippen LogP contribution in [-0.2, 0) is 14.3 Å². The molecule has 0 aromatic carbocycles. The van der Waals surface area contributed by atoms with Crippen LogP contribution >= 0.6 is 0 Å². The SMILES string of the molecule is CCOC(C)CNCCC(=O)OC. The van der Waals surface area contributed by atoms with E-state index in [1.54, 1.807) is 0 Å². The van der Waals surface area contributed by atoms with Crippen molar-refractivity contribution in [1.29, 1.82) is 0 Å². The number of esters is 1. The lowest BCUT2D eigenvalue weighted by atomic mass is 10.3. The Morgan fingerprint density at radius 2 is 2.23 bits per heavy atom. The van der Waals surface area contributed by atoms with Gasteiger partial charge in [-0.25, -0.2) is 0 Å². The topological polar surface area (TPSA) is 47.6 Å². The van der Waals surface area contributed by atoms with Crippen molar-refractivity contribution in [2.45, 2.75) is 26.4 Å². The Balaban J connectivity index is 3.20. The van der Waals surface area contributed by atoms with Crippen molar-refractivity contribution in [2.24, 2.45) is 0 Å². The van der Waals surface area contributed by atoms with Gasteiger partial charge in [-0.3, -0.25) is 4.79 Å². The van der Waals surface area contributed by atoms with E-state index in [0.717, 1.165) is 13.2 Å². The van der Waals surface area contributed by atoms with Gasteiger partial charge in [-0.2, -0.15) is 0 Å². The normalized spacial score (nSPS) is 12.5. The second-order valence-electron chi connectivity index (χ2n) is 2.80. The van der Waals surface area contributed by atoms with Gasteiger partial charge in [-0.05, 0) is 13.8 Å². The standard InChI is InChI=1S/C9H19NO3/c1-4-13-8(2)7-10-6-5-9(11)12-3/h8,10H,4-7H2,1-3H3. The molecule has 0 aliphatic rings. The summed E-state index contributed by atoms with van der Waals surface area (Å²) in [5, 5.41) is 3.11. The van der Waals surface area contributed by atoms with Crippen LogP contribution in [0.2, 0.25) is 0 Å². The zero-order valence-electron chi connectivity index (χ0n) is 8.63. The molecule has 0 aliphatic carbocycles. The van der Waals surface area contributed by atoms with Crippen LogP contribution in [-0.4, -0.2) is 38.9 Å². The summed E-state index contributed by atoms with van der Waals surface area (Å²) in [6.45, 7) is 6.09. The van der Waals surface area contributed by atoms with Crippen LogP contribution in [0.15, 0.2) is 0 Å². The largest absolute Gasteiger partial charge is 0.469 e. The molecule has 78 valence electrons.